The first-order valence-corrected chi connectivity index (χ1v) is 7.99. The molecule has 23 heavy (non-hydrogen) atoms. The van der Waals surface area contributed by atoms with E-state index in [-0.39, 0.29) is 12.0 Å². The normalized spacial score (nSPS) is 18.8. The number of aromatic nitrogens is 3. The Kier molecular flexibility index (Phi) is 3.58. The van der Waals surface area contributed by atoms with Gasteiger partial charge in [0.2, 0.25) is 0 Å². The van der Waals surface area contributed by atoms with Crippen molar-refractivity contribution in [3.63, 3.8) is 0 Å². The summed E-state index contributed by atoms with van der Waals surface area (Å²) in [6.07, 6.45) is 4.75. The number of halogens is 1. The number of fused-ring (bicyclic) bond motifs is 1. The Morgan fingerprint density at radius 1 is 1.22 bits per heavy atom. The summed E-state index contributed by atoms with van der Waals surface area (Å²) < 4.78 is 16.2. The van der Waals surface area contributed by atoms with Gasteiger partial charge in [0.25, 0.3) is 0 Å². The van der Waals surface area contributed by atoms with Crippen molar-refractivity contribution in [1.82, 2.24) is 19.4 Å². The molecule has 1 aliphatic heterocycles. The highest BCUT2D eigenvalue weighted by Crippen LogP contribution is 2.30. The fourth-order valence-electron chi connectivity index (χ4n) is 3.45. The van der Waals surface area contributed by atoms with E-state index in [9.17, 15) is 4.39 Å². The largest absolute Gasteiger partial charge is 0.296 e. The van der Waals surface area contributed by atoms with E-state index >= 15 is 0 Å². The monoisotopic (exact) mass is 310 g/mol. The zero-order valence-electron chi connectivity index (χ0n) is 13.1. The maximum absolute atomic E-state index is 14.1. The summed E-state index contributed by atoms with van der Waals surface area (Å²) in [5.41, 5.74) is 2.43. The first-order chi connectivity index (χ1) is 11.2. The second-order valence-electron chi connectivity index (χ2n) is 6.12. The summed E-state index contributed by atoms with van der Waals surface area (Å²) in [5, 5.41) is 0. The van der Waals surface area contributed by atoms with E-state index in [1.807, 2.05) is 24.3 Å². The van der Waals surface area contributed by atoms with Crippen LogP contribution in [0, 0.1) is 5.82 Å². The van der Waals surface area contributed by atoms with Crippen LogP contribution in [0.5, 0.6) is 0 Å². The summed E-state index contributed by atoms with van der Waals surface area (Å²) in [7, 11) is 2.12. The Labute approximate surface area is 134 Å². The highest BCUT2D eigenvalue weighted by Gasteiger charge is 2.27. The summed E-state index contributed by atoms with van der Waals surface area (Å²) in [5.74, 6) is 0.696. The third kappa shape index (κ3) is 2.51. The molecule has 0 radical (unpaired) electrons. The lowest BCUT2D eigenvalue weighted by Gasteiger charge is -2.23. The molecule has 0 saturated carbocycles. The number of benzene rings is 1. The minimum atomic E-state index is -0.182. The number of rotatable bonds is 3. The van der Waals surface area contributed by atoms with E-state index in [2.05, 4.69) is 21.5 Å². The van der Waals surface area contributed by atoms with Gasteiger partial charge in [-0.05, 0) is 50.2 Å². The van der Waals surface area contributed by atoms with Gasteiger partial charge in [0.1, 0.15) is 17.2 Å². The topological polar surface area (TPSA) is 34.0 Å². The lowest BCUT2D eigenvalue weighted by molar-refractivity contribution is 0.238. The molecule has 5 heteroatoms. The van der Waals surface area contributed by atoms with E-state index in [0.717, 1.165) is 36.4 Å². The van der Waals surface area contributed by atoms with Crippen LogP contribution in [0.25, 0.3) is 11.2 Å². The molecule has 118 valence electrons. The van der Waals surface area contributed by atoms with Gasteiger partial charge >= 0.3 is 0 Å². The van der Waals surface area contributed by atoms with Crippen LogP contribution in [-0.4, -0.2) is 33.0 Å². The van der Waals surface area contributed by atoms with E-state index in [1.165, 1.54) is 6.07 Å². The number of pyridine rings is 1. The van der Waals surface area contributed by atoms with Gasteiger partial charge in [-0.25, -0.2) is 14.4 Å². The van der Waals surface area contributed by atoms with Gasteiger partial charge in [-0.15, -0.1) is 0 Å². The smallest absolute Gasteiger partial charge is 0.161 e. The van der Waals surface area contributed by atoms with Crippen molar-refractivity contribution >= 4 is 11.2 Å². The van der Waals surface area contributed by atoms with Gasteiger partial charge in [-0.3, -0.25) is 9.47 Å². The second-order valence-corrected chi connectivity index (χ2v) is 6.12. The zero-order valence-corrected chi connectivity index (χ0v) is 13.1. The van der Waals surface area contributed by atoms with Crippen LogP contribution >= 0.6 is 0 Å². The van der Waals surface area contributed by atoms with Crippen LogP contribution in [0.4, 0.5) is 4.39 Å². The van der Waals surface area contributed by atoms with Crippen molar-refractivity contribution in [3.05, 3.63) is 59.8 Å². The molecule has 1 aromatic carbocycles. The third-order valence-corrected chi connectivity index (χ3v) is 4.61. The van der Waals surface area contributed by atoms with E-state index < -0.39 is 0 Å². The van der Waals surface area contributed by atoms with Gasteiger partial charge < -0.3 is 0 Å². The van der Waals surface area contributed by atoms with Crippen LogP contribution in [0.15, 0.2) is 42.6 Å². The molecule has 1 unspecified atom stereocenters. The highest BCUT2D eigenvalue weighted by atomic mass is 19.1. The fourth-order valence-corrected chi connectivity index (χ4v) is 3.45. The molecule has 0 bridgehead atoms. The SMILES string of the molecule is CN1CCCC1n1c(Cc2ccccc2F)nc2cccnc21. The standard InChI is InChI=1S/C18H19FN4/c1-22-11-5-9-17(22)23-16(12-13-6-2-3-7-14(13)19)21-15-8-4-10-20-18(15)23/h2-4,6-8,10,17H,5,9,11-12H2,1H3. The number of likely N-dealkylation sites (tertiary alicyclic amines) is 1. The molecule has 4 rings (SSSR count). The molecule has 1 aliphatic rings. The average molecular weight is 310 g/mol. The van der Waals surface area contributed by atoms with E-state index in [1.54, 1.807) is 12.3 Å². The van der Waals surface area contributed by atoms with Crippen molar-refractivity contribution in [2.24, 2.45) is 0 Å². The van der Waals surface area contributed by atoms with Gasteiger partial charge in [0, 0.05) is 12.6 Å². The molecule has 0 aliphatic carbocycles. The van der Waals surface area contributed by atoms with Gasteiger partial charge in [-0.1, -0.05) is 18.2 Å². The lowest BCUT2D eigenvalue weighted by Crippen LogP contribution is -2.25. The molecule has 0 spiro atoms. The maximum atomic E-state index is 14.1. The van der Waals surface area contributed by atoms with Gasteiger partial charge in [-0.2, -0.15) is 0 Å². The summed E-state index contributed by atoms with van der Waals surface area (Å²) in [6, 6.07) is 10.8. The zero-order chi connectivity index (χ0) is 15.8. The molecule has 1 fully saturated rings. The summed E-state index contributed by atoms with van der Waals surface area (Å²) in [6.45, 7) is 1.07. The molecule has 0 amide bonds. The van der Waals surface area contributed by atoms with Gasteiger partial charge in [0.15, 0.2) is 5.65 Å². The van der Waals surface area contributed by atoms with E-state index in [0.29, 0.717) is 12.0 Å². The number of imidazole rings is 1. The van der Waals surface area contributed by atoms with E-state index in [4.69, 9.17) is 4.98 Å². The average Bonchev–Trinajstić information content (AvgIpc) is 3.12. The van der Waals surface area contributed by atoms with Gasteiger partial charge in [0.05, 0.1) is 6.17 Å². The molecule has 2 aromatic heterocycles. The predicted octanol–water partition coefficient (Wildman–Crippen LogP) is 3.39. The Balaban J connectivity index is 1.84. The molecule has 1 saturated heterocycles. The van der Waals surface area contributed by atoms with Crippen LogP contribution in [-0.2, 0) is 6.42 Å². The number of hydrogen-bond acceptors (Lipinski definition) is 3. The maximum Gasteiger partial charge on any atom is 0.161 e. The Bertz CT molecular complexity index is 842. The third-order valence-electron chi connectivity index (χ3n) is 4.61. The van der Waals surface area contributed by atoms with Crippen molar-refractivity contribution in [3.8, 4) is 0 Å². The lowest BCUT2D eigenvalue weighted by atomic mass is 10.1. The molecular formula is C18H19FN4. The predicted molar refractivity (Wildman–Crippen MR) is 87.6 cm³/mol. The Morgan fingerprint density at radius 3 is 2.87 bits per heavy atom. The summed E-state index contributed by atoms with van der Waals surface area (Å²) >= 11 is 0. The molecule has 1 atom stereocenters. The molecule has 3 heterocycles. The number of nitrogens with zero attached hydrogens (tertiary/aromatic N) is 4. The quantitative estimate of drug-likeness (QED) is 0.743. The van der Waals surface area contributed by atoms with Crippen molar-refractivity contribution in [2.45, 2.75) is 25.4 Å². The summed E-state index contributed by atoms with van der Waals surface area (Å²) in [4.78, 5) is 11.6. The first-order valence-electron chi connectivity index (χ1n) is 7.99. The molecule has 4 nitrogen and oxygen atoms in total. The molecular weight excluding hydrogens is 291 g/mol. The second kappa shape index (κ2) is 5.74. The fraction of sp³-hybridized carbons (Fsp3) is 0.333. The molecule has 0 N–H and O–H groups in total. The van der Waals surface area contributed by atoms with Crippen molar-refractivity contribution in [2.75, 3.05) is 13.6 Å². The minimum absolute atomic E-state index is 0.182. The Morgan fingerprint density at radius 2 is 2.09 bits per heavy atom. The first kappa shape index (κ1) is 14.3. The highest BCUT2D eigenvalue weighted by molar-refractivity contribution is 5.71. The van der Waals surface area contributed by atoms with Crippen molar-refractivity contribution < 1.29 is 4.39 Å². The van der Waals surface area contributed by atoms with Crippen LogP contribution in [0.3, 0.4) is 0 Å². The van der Waals surface area contributed by atoms with Crippen LogP contribution < -0.4 is 0 Å². The van der Waals surface area contributed by atoms with Crippen LogP contribution in [0.1, 0.15) is 30.4 Å². The number of hydrogen-bond donors (Lipinski definition) is 0. The van der Waals surface area contributed by atoms with Crippen molar-refractivity contribution in [1.29, 1.82) is 0 Å². The van der Waals surface area contributed by atoms with Crippen LogP contribution in [0.2, 0.25) is 0 Å². The molecule has 3 aromatic rings. The Hall–Kier alpha value is -2.27. The minimum Gasteiger partial charge on any atom is -0.296 e.